The van der Waals surface area contributed by atoms with Gasteiger partial charge in [0.25, 0.3) is 0 Å². The van der Waals surface area contributed by atoms with Crippen molar-refractivity contribution in [2.45, 2.75) is 5.03 Å². The van der Waals surface area contributed by atoms with E-state index in [0.717, 1.165) is 16.1 Å². The lowest BCUT2D eigenvalue weighted by Gasteiger charge is -2.11. The molecule has 2 heterocycles. The van der Waals surface area contributed by atoms with Gasteiger partial charge in [-0.2, -0.15) is 10.1 Å². The molecule has 0 aliphatic carbocycles. The number of thioether (sulfide) groups is 1. The van der Waals surface area contributed by atoms with Crippen LogP contribution in [0.4, 0.5) is 5.82 Å². The second kappa shape index (κ2) is 4.92. The van der Waals surface area contributed by atoms with E-state index >= 15 is 0 Å². The molecule has 0 fully saturated rings. The van der Waals surface area contributed by atoms with Gasteiger partial charge in [-0.25, -0.2) is 4.68 Å². The minimum absolute atomic E-state index is 0.428. The summed E-state index contributed by atoms with van der Waals surface area (Å²) in [5, 5.41) is 6.12. The molecule has 0 spiro atoms. The normalized spacial score (nSPS) is 11.1. The van der Waals surface area contributed by atoms with Crippen LogP contribution in [0.3, 0.4) is 0 Å². The fourth-order valence-electron chi connectivity index (χ4n) is 2.17. The van der Waals surface area contributed by atoms with Gasteiger partial charge in [0.2, 0.25) is 4.77 Å². The van der Waals surface area contributed by atoms with Gasteiger partial charge in [0.05, 0.1) is 5.39 Å². The van der Waals surface area contributed by atoms with Gasteiger partial charge >= 0.3 is 0 Å². The van der Waals surface area contributed by atoms with Crippen LogP contribution in [0.5, 0.6) is 0 Å². The van der Waals surface area contributed by atoms with Gasteiger partial charge in [-0.05, 0) is 30.6 Å². The number of hydrogen-bond acceptors (Lipinski definition) is 5. The first-order valence-electron chi connectivity index (χ1n) is 5.98. The lowest BCUT2D eigenvalue weighted by atomic mass is 10.3. The first-order valence-corrected chi connectivity index (χ1v) is 7.61. The van der Waals surface area contributed by atoms with E-state index in [1.807, 2.05) is 43.6 Å². The molecule has 0 aliphatic rings. The van der Waals surface area contributed by atoms with E-state index < -0.39 is 0 Å². The largest absolute Gasteiger partial charge is 0.384 e. The summed E-state index contributed by atoms with van der Waals surface area (Å²) in [4.78, 5) is 4.47. The third-order valence-corrected chi connectivity index (χ3v) is 4.03. The van der Waals surface area contributed by atoms with Gasteiger partial charge in [0, 0.05) is 12.7 Å². The second-order valence-electron chi connectivity index (χ2n) is 4.28. The standard InChI is InChI=1S/C13H13N5S2/c1-17-11-9(12(16-17)20-2)10(14)18(13(19)15-11)8-6-4-3-5-7-8/h3-7H,14H2,1-2H3. The predicted octanol–water partition coefficient (Wildman–Crippen LogP) is 2.79. The monoisotopic (exact) mass is 303 g/mol. The maximum atomic E-state index is 6.33. The van der Waals surface area contributed by atoms with Crippen molar-refractivity contribution in [3.63, 3.8) is 0 Å². The highest BCUT2D eigenvalue weighted by Gasteiger charge is 2.16. The van der Waals surface area contributed by atoms with Crippen LogP contribution in [0.2, 0.25) is 0 Å². The Morgan fingerprint density at radius 1 is 1.25 bits per heavy atom. The molecule has 0 aliphatic heterocycles. The highest BCUT2D eigenvalue weighted by molar-refractivity contribution is 7.98. The zero-order chi connectivity index (χ0) is 14.3. The van der Waals surface area contributed by atoms with Crippen LogP contribution >= 0.6 is 24.0 Å². The molecule has 20 heavy (non-hydrogen) atoms. The summed E-state index contributed by atoms with van der Waals surface area (Å²) in [6, 6.07) is 9.75. The van der Waals surface area contributed by atoms with Gasteiger partial charge in [-0.15, -0.1) is 11.8 Å². The first-order chi connectivity index (χ1) is 9.63. The number of aryl methyl sites for hydroxylation is 1. The maximum Gasteiger partial charge on any atom is 0.207 e. The van der Waals surface area contributed by atoms with Crippen LogP contribution in [0, 0.1) is 4.77 Å². The van der Waals surface area contributed by atoms with Crippen LogP contribution in [-0.2, 0) is 7.05 Å². The molecule has 0 radical (unpaired) electrons. The Labute approximate surface area is 125 Å². The lowest BCUT2D eigenvalue weighted by Crippen LogP contribution is -2.08. The minimum atomic E-state index is 0.428. The Morgan fingerprint density at radius 3 is 2.60 bits per heavy atom. The number of nitrogens with zero attached hydrogens (tertiary/aromatic N) is 4. The number of benzene rings is 1. The molecule has 3 aromatic rings. The summed E-state index contributed by atoms with van der Waals surface area (Å²) < 4.78 is 3.92. The third kappa shape index (κ3) is 1.90. The number of fused-ring (bicyclic) bond motifs is 1. The van der Waals surface area contributed by atoms with Crippen LogP contribution in [-0.4, -0.2) is 25.6 Å². The molecule has 0 atom stereocenters. The molecule has 1 aromatic carbocycles. The Balaban J connectivity index is 2.43. The zero-order valence-corrected chi connectivity index (χ0v) is 12.7. The topological polar surface area (TPSA) is 61.7 Å². The molecular formula is C13H13N5S2. The Bertz CT molecular complexity index is 835. The van der Waals surface area contributed by atoms with Crippen molar-refractivity contribution >= 4 is 40.8 Å². The molecule has 3 rings (SSSR count). The van der Waals surface area contributed by atoms with E-state index in [4.69, 9.17) is 18.0 Å². The molecule has 2 N–H and O–H groups in total. The van der Waals surface area contributed by atoms with E-state index in [1.54, 1.807) is 21.0 Å². The van der Waals surface area contributed by atoms with Gasteiger partial charge in [0.15, 0.2) is 5.65 Å². The fraction of sp³-hybridized carbons (Fsp3) is 0.154. The van der Waals surface area contributed by atoms with Crippen LogP contribution < -0.4 is 5.73 Å². The van der Waals surface area contributed by atoms with E-state index in [1.165, 1.54) is 0 Å². The minimum Gasteiger partial charge on any atom is -0.384 e. The number of hydrogen-bond donors (Lipinski definition) is 1. The molecule has 7 heteroatoms. The highest BCUT2D eigenvalue weighted by atomic mass is 32.2. The third-order valence-electron chi connectivity index (χ3n) is 3.08. The van der Waals surface area contributed by atoms with Crippen molar-refractivity contribution in [2.24, 2.45) is 7.05 Å². The maximum absolute atomic E-state index is 6.33. The van der Waals surface area contributed by atoms with Crippen LogP contribution in [0.1, 0.15) is 0 Å². The Kier molecular flexibility index (Phi) is 3.23. The quantitative estimate of drug-likeness (QED) is 0.582. The average Bonchev–Trinajstić information content (AvgIpc) is 2.77. The van der Waals surface area contributed by atoms with Gasteiger partial charge in [-0.3, -0.25) is 4.57 Å². The van der Waals surface area contributed by atoms with Crippen molar-refractivity contribution in [1.29, 1.82) is 0 Å². The zero-order valence-electron chi connectivity index (χ0n) is 11.1. The number of anilines is 1. The summed E-state index contributed by atoms with van der Waals surface area (Å²) in [5.41, 5.74) is 7.95. The van der Waals surface area contributed by atoms with Gasteiger partial charge in [-0.1, -0.05) is 18.2 Å². The summed E-state index contributed by atoms with van der Waals surface area (Å²) in [6.07, 6.45) is 1.97. The summed E-state index contributed by atoms with van der Waals surface area (Å²) in [7, 11) is 1.84. The number of nitrogen functional groups attached to an aromatic ring is 1. The predicted molar refractivity (Wildman–Crippen MR) is 84.9 cm³/mol. The summed E-state index contributed by atoms with van der Waals surface area (Å²) >= 11 is 6.92. The van der Waals surface area contributed by atoms with E-state index in [2.05, 4.69) is 10.1 Å². The van der Waals surface area contributed by atoms with Crippen molar-refractivity contribution in [2.75, 3.05) is 12.0 Å². The first kappa shape index (κ1) is 13.1. The highest BCUT2D eigenvalue weighted by Crippen LogP contribution is 2.30. The second-order valence-corrected chi connectivity index (χ2v) is 5.44. The van der Waals surface area contributed by atoms with E-state index in [9.17, 15) is 0 Å². The van der Waals surface area contributed by atoms with Crippen molar-refractivity contribution in [3.05, 3.63) is 35.1 Å². The van der Waals surface area contributed by atoms with Crippen molar-refractivity contribution in [1.82, 2.24) is 19.3 Å². The molecule has 0 unspecified atom stereocenters. The fourth-order valence-corrected chi connectivity index (χ4v) is 3.06. The Hall–Kier alpha value is -1.86. The molecule has 0 saturated heterocycles. The lowest BCUT2D eigenvalue weighted by molar-refractivity contribution is 0.752. The smallest absolute Gasteiger partial charge is 0.207 e. The number of nitrogens with two attached hydrogens (primary N) is 1. The molecule has 0 amide bonds. The average molecular weight is 303 g/mol. The van der Waals surface area contributed by atoms with Gasteiger partial charge < -0.3 is 5.73 Å². The van der Waals surface area contributed by atoms with Crippen molar-refractivity contribution in [3.8, 4) is 5.69 Å². The SMILES string of the molecule is CSc1nn(C)c2nc(=S)n(-c3ccccc3)c(N)c12. The molecular weight excluding hydrogens is 290 g/mol. The van der Waals surface area contributed by atoms with Gasteiger partial charge in [0.1, 0.15) is 10.8 Å². The Morgan fingerprint density at radius 2 is 1.95 bits per heavy atom. The molecule has 0 saturated carbocycles. The summed E-state index contributed by atoms with van der Waals surface area (Å²) in [5.74, 6) is 0.573. The molecule has 5 nitrogen and oxygen atoms in total. The molecule has 2 aromatic heterocycles. The number of para-hydroxylation sites is 1. The van der Waals surface area contributed by atoms with Crippen LogP contribution in [0.15, 0.2) is 35.4 Å². The number of rotatable bonds is 2. The summed E-state index contributed by atoms with van der Waals surface area (Å²) in [6.45, 7) is 0. The molecule has 0 bridgehead atoms. The van der Waals surface area contributed by atoms with E-state index in [-0.39, 0.29) is 0 Å². The van der Waals surface area contributed by atoms with Crippen molar-refractivity contribution < 1.29 is 0 Å². The molecule has 102 valence electrons. The van der Waals surface area contributed by atoms with Crippen LogP contribution in [0.25, 0.3) is 16.7 Å². The van der Waals surface area contributed by atoms with E-state index in [0.29, 0.717) is 16.2 Å². The number of aromatic nitrogens is 4.